The number of H-pyrrole nitrogens is 1. The van der Waals surface area contributed by atoms with Gasteiger partial charge in [-0.1, -0.05) is 0 Å². The number of aromatic nitrogens is 1. The smallest absolute Gasteiger partial charge is 0.396 e. The Morgan fingerprint density at radius 3 is 2.70 bits per heavy atom. The predicted octanol–water partition coefficient (Wildman–Crippen LogP) is 1.29. The summed E-state index contributed by atoms with van der Waals surface area (Å²) in [6.45, 7) is 1.46. The Morgan fingerprint density at radius 1 is 1.50 bits per heavy atom. The second-order valence-electron chi connectivity index (χ2n) is 4.14. The second-order valence-corrected chi connectivity index (χ2v) is 4.14. The van der Waals surface area contributed by atoms with Crippen molar-refractivity contribution in [2.24, 2.45) is 0 Å². The molecule has 6 nitrogen and oxygen atoms in total. The van der Waals surface area contributed by atoms with Crippen LogP contribution in [0.25, 0.3) is 0 Å². The first-order chi connectivity index (χ1) is 9.24. The third-order valence-corrected chi connectivity index (χ3v) is 2.42. The minimum absolute atomic E-state index is 0.147. The Balaban J connectivity index is 2.82. The zero-order chi connectivity index (χ0) is 15.3. The van der Waals surface area contributed by atoms with Gasteiger partial charge in [0, 0.05) is 18.8 Å². The molecule has 0 fully saturated rings. The molecule has 1 aromatic rings. The summed E-state index contributed by atoms with van der Waals surface area (Å²) in [5.41, 5.74) is -2.42. The lowest BCUT2D eigenvalue weighted by molar-refractivity contribution is -0.137. The van der Waals surface area contributed by atoms with Gasteiger partial charge >= 0.3 is 12.2 Å². The molecule has 1 aromatic heterocycles. The number of aliphatic hydroxyl groups is 1. The molecule has 0 radical (unpaired) electrons. The Morgan fingerprint density at radius 2 is 2.15 bits per heavy atom. The number of rotatable bonds is 4. The van der Waals surface area contributed by atoms with Gasteiger partial charge in [-0.15, -0.1) is 0 Å². The summed E-state index contributed by atoms with van der Waals surface area (Å²) in [7, 11) is 0. The molecule has 20 heavy (non-hydrogen) atoms. The van der Waals surface area contributed by atoms with Crippen LogP contribution in [0.3, 0.4) is 0 Å². The molecule has 2 amide bonds. The largest absolute Gasteiger partial charge is 0.417 e. The maximum Gasteiger partial charge on any atom is 0.417 e. The number of carbonyl (C=O) groups is 1. The van der Waals surface area contributed by atoms with Crippen molar-refractivity contribution in [3.63, 3.8) is 0 Å². The number of pyridine rings is 1. The summed E-state index contributed by atoms with van der Waals surface area (Å²) in [5, 5.41) is 13.1. The molecule has 1 rings (SSSR count). The van der Waals surface area contributed by atoms with Gasteiger partial charge in [0.1, 0.15) is 5.69 Å². The molecule has 0 unspecified atom stereocenters. The standard InChI is InChI=1S/C11H14F3N3O3/c1-6(2-3-18)16-10(20)17-8-4-7(11(12,13)14)5-15-9(8)19/h4-6,18H,2-3H2,1H3,(H,15,19)(H2,16,17,20)/t6-/m1/s1. The molecule has 4 N–H and O–H groups in total. The summed E-state index contributed by atoms with van der Waals surface area (Å²) in [5.74, 6) is 0. The highest BCUT2D eigenvalue weighted by molar-refractivity contribution is 5.89. The Hall–Kier alpha value is -2.03. The van der Waals surface area contributed by atoms with Crippen molar-refractivity contribution >= 4 is 11.7 Å². The van der Waals surface area contributed by atoms with E-state index in [0.717, 1.165) is 0 Å². The SMILES string of the molecule is C[C@H](CCO)NC(=O)Nc1cc(C(F)(F)F)c[nH]c1=O. The highest BCUT2D eigenvalue weighted by Gasteiger charge is 2.31. The number of hydrogen-bond donors (Lipinski definition) is 4. The first kappa shape index (κ1) is 16.0. The van der Waals surface area contributed by atoms with Crippen molar-refractivity contribution in [3.05, 3.63) is 28.2 Å². The molecule has 112 valence electrons. The van der Waals surface area contributed by atoms with Crippen LogP contribution in [0.1, 0.15) is 18.9 Å². The van der Waals surface area contributed by atoms with Crippen LogP contribution in [0.4, 0.5) is 23.7 Å². The molecule has 1 heterocycles. The van der Waals surface area contributed by atoms with Crippen molar-refractivity contribution < 1.29 is 23.1 Å². The molecule has 1 atom stereocenters. The van der Waals surface area contributed by atoms with Crippen LogP contribution < -0.4 is 16.2 Å². The number of alkyl halides is 3. The minimum atomic E-state index is -4.62. The fourth-order valence-corrected chi connectivity index (χ4v) is 1.39. The minimum Gasteiger partial charge on any atom is -0.396 e. The van der Waals surface area contributed by atoms with Gasteiger partial charge in [-0.3, -0.25) is 4.79 Å². The number of hydrogen-bond acceptors (Lipinski definition) is 3. The number of urea groups is 1. The lowest BCUT2D eigenvalue weighted by Crippen LogP contribution is -2.37. The normalized spacial score (nSPS) is 12.8. The predicted molar refractivity (Wildman–Crippen MR) is 65.4 cm³/mol. The molecule has 0 aromatic carbocycles. The monoisotopic (exact) mass is 293 g/mol. The molecule has 0 saturated heterocycles. The van der Waals surface area contributed by atoms with E-state index in [1.165, 1.54) is 0 Å². The molecule has 0 aliphatic heterocycles. The lowest BCUT2D eigenvalue weighted by Gasteiger charge is -2.13. The van der Waals surface area contributed by atoms with Crippen LogP contribution in [0.2, 0.25) is 0 Å². The molecule has 0 aliphatic carbocycles. The molecule has 0 saturated carbocycles. The van der Waals surface area contributed by atoms with Crippen LogP contribution >= 0.6 is 0 Å². The highest BCUT2D eigenvalue weighted by Crippen LogP contribution is 2.29. The number of anilines is 1. The topological polar surface area (TPSA) is 94.2 Å². The highest BCUT2D eigenvalue weighted by atomic mass is 19.4. The lowest BCUT2D eigenvalue weighted by atomic mass is 10.2. The molecule has 0 spiro atoms. The fourth-order valence-electron chi connectivity index (χ4n) is 1.39. The Bertz CT molecular complexity index is 528. The third-order valence-electron chi connectivity index (χ3n) is 2.42. The third kappa shape index (κ3) is 4.57. The average molecular weight is 293 g/mol. The van der Waals surface area contributed by atoms with Crippen molar-refractivity contribution in [3.8, 4) is 0 Å². The zero-order valence-corrected chi connectivity index (χ0v) is 10.5. The molecule has 0 aliphatic rings. The maximum atomic E-state index is 12.5. The van der Waals surface area contributed by atoms with Gasteiger partial charge in [-0.2, -0.15) is 13.2 Å². The average Bonchev–Trinajstić information content (AvgIpc) is 2.30. The van der Waals surface area contributed by atoms with Gasteiger partial charge in [0.2, 0.25) is 0 Å². The van der Waals surface area contributed by atoms with Gasteiger partial charge < -0.3 is 20.7 Å². The summed E-state index contributed by atoms with van der Waals surface area (Å²) < 4.78 is 37.4. The number of carbonyl (C=O) groups excluding carboxylic acids is 1. The van der Waals surface area contributed by atoms with E-state index < -0.39 is 29.0 Å². The number of nitrogens with one attached hydrogen (secondary N) is 3. The van der Waals surface area contributed by atoms with Gasteiger partial charge in [0.25, 0.3) is 5.56 Å². The van der Waals surface area contributed by atoms with E-state index in [4.69, 9.17) is 5.11 Å². The van der Waals surface area contributed by atoms with Crippen LogP contribution in [0, 0.1) is 0 Å². The van der Waals surface area contributed by atoms with E-state index in [2.05, 4.69) is 5.32 Å². The van der Waals surface area contributed by atoms with E-state index >= 15 is 0 Å². The summed E-state index contributed by atoms with van der Waals surface area (Å²) in [6, 6.07) is -0.657. The fraction of sp³-hybridized carbons (Fsp3) is 0.455. The van der Waals surface area contributed by atoms with Gasteiger partial charge in [-0.05, 0) is 19.4 Å². The van der Waals surface area contributed by atoms with Gasteiger partial charge in [-0.25, -0.2) is 4.79 Å². The Kier molecular flexibility index (Phi) is 5.14. The molecule has 9 heteroatoms. The first-order valence-electron chi connectivity index (χ1n) is 5.72. The van der Waals surface area contributed by atoms with Crippen LogP contribution in [-0.2, 0) is 6.18 Å². The quantitative estimate of drug-likeness (QED) is 0.673. The van der Waals surface area contributed by atoms with Gasteiger partial charge in [0.05, 0.1) is 5.56 Å². The summed E-state index contributed by atoms with van der Waals surface area (Å²) >= 11 is 0. The number of amides is 2. The van der Waals surface area contributed by atoms with E-state index in [1.54, 1.807) is 6.92 Å². The van der Waals surface area contributed by atoms with E-state index in [9.17, 15) is 22.8 Å². The number of aliphatic hydroxyl groups excluding tert-OH is 1. The summed E-state index contributed by atoms with van der Waals surface area (Å²) in [6.07, 6.45) is -3.81. The van der Waals surface area contributed by atoms with Gasteiger partial charge in [0.15, 0.2) is 0 Å². The Labute approximate surface area is 112 Å². The van der Waals surface area contributed by atoms with Crippen LogP contribution in [0.15, 0.2) is 17.1 Å². The molecular formula is C11H14F3N3O3. The van der Waals surface area contributed by atoms with Crippen LogP contribution in [-0.4, -0.2) is 28.8 Å². The van der Waals surface area contributed by atoms with E-state index in [1.807, 2.05) is 10.3 Å². The maximum absolute atomic E-state index is 12.5. The number of halogens is 3. The molecular weight excluding hydrogens is 279 g/mol. The zero-order valence-electron chi connectivity index (χ0n) is 10.5. The van der Waals surface area contributed by atoms with Crippen molar-refractivity contribution in [1.29, 1.82) is 0 Å². The second kappa shape index (κ2) is 6.42. The first-order valence-corrected chi connectivity index (χ1v) is 5.72. The van der Waals surface area contributed by atoms with Crippen molar-refractivity contribution in [2.75, 3.05) is 11.9 Å². The van der Waals surface area contributed by atoms with E-state index in [0.29, 0.717) is 12.3 Å². The van der Waals surface area contributed by atoms with E-state index in [-0.39, 0.29) is 19.1 Å². The van der Waals surface area contributed by atoms with Crippen molar-refractivity contribution in [2.45, 2.75) is 25.6 Å². The summed E-state index contributed by atoms with van der Waals surface area (Å²) in [4.78, 5) is 24.7. The van der Waals surface area contributed by atoms with Crippen molar-refractivity contribution in [1.82, 2.24) is 10.3 Å². The number of aromatic amines is 1. The van der Waals surface area contributed by atoms with Crippen LogP contribution in [0.5, 0.6) is 0 Å². The molecule has 0 bridgehead atoms.